The number of benzene rings is 3. The summed E-state index contributed by atoms with van der Waals surface area (Å²) in [5.41, 5.74) is 9.37. The Labute approximate surface area is 246 Å². The van der Waals surface area contributed by atoms with Crippen LogP contribution >= 0.6 is 7.26 Å². The second-order valence-corrected chi connectivity index (χ2v) is 17.8. The van der Waals surface area contributed by atoms with Crippen LogP contribution in [0.5, 0.6) is 0 Å². The van der Waals surface area contributed by atoms with Gasteiger partial charge in [-0.2, -0.15) is 0 Å². The molecular weight excluding hydrogens is 499 g/mol. The third-order valence-corrected chi connectivity index (χ3v) is 15.9. The van der Waals surface area contributed by atoms with Crippen molar-refractivity contribution in [1.82, 2.24) is 0 Å². The second-order valence-electron chi connectivity index (χ2n) is 13.8. The van der Waals surface area contributed by atoms with Gasteiger partial charge in [0.05, 0.1) is 23.9 Å². The van der Waals surface area contributed by atoms with Gasteiger partial charge in [-0.3, -0.25) is 0 Å². The van der Waals surface area contributed by atoms with Crippen molar-refractivity contribution < 1.29 is 0 Å². The average Bonchev–Trinajstić information content (AvgIpc) is 2.99. The highest BCUT2D eigenvalue weighted by Crippen LogP contribution is 2.71. The topological polar surface area (TPSA) is 0 Å². The molecule has 0 bridgehead atoms. The second kappa shape index (κ2) is 12.9. The summed E-state index contributed by atoms with van der Waals surface area (Å²) in [7, 11) is -1.69. The van der Waals surface area contributed by atoms with Crippen molar-refractivity contribution in [2.75, 3.05) is 0 Å². The van der Waals surface area contributed by atoms with E-state index in [2.05, 4.69) is 108 Å². The Balaban J connectivity index is 1.87. The van der Waals surface area contributed by atoms with Crippen molar-refractivity contribution >= 4 is 17.9 Å². The average molecular weight is 554 g/mol. The van der Waals surface area contributed by atoms with E-state index in [-0.39, 0.29) is 0 Å². The number of rotatable bonds is 8. The zero-order chi connectivity index (χ0) is 28.3. The summed E-state index contributed by atoms with van der Waals surface area (Å²) in [6.07, 6.45) is 14.1. The zero-order valence-electron chi connectivity index (χ0n) is 26.3. The summed E-state index contributed by atoms with van der Waals surface area (Å²) in [4.78, 5) is 0. The van der Waals surface area contributed by atoms with E-state index in [9.17, 15) is 0 Å². The first-order chi connectivity index (χ1) is 19.4. The quantitative estimate of drug-likeness (QED) is 0.243. The molecule has 1 heteroatoms. The minimum Gasteiger partial charge on any atom is -0.0620 e. The first-order valence-corrected chi connectivity index (χ1v) is 18.5. The van der Waals surface area contributed by atoms with E-state index < -0.39 is 7.26 Å². The van der Waals surface area contributed by atoms with Gasteiger partial charge in [0.2, 0.25) is 0 Å². The van der Waals surface area contributed by atoms with Gasteiger partial charge in [0.1, 0.15) is 5.30 Å². The molecule has 0 nitrogen and oxygen atoms in total. The Hall–Kier alpha value is -1.91. The summed E-state index contributed by atoms with van der Waals surface area (Å²) >= 11 is 0. The van der Waals surface area contributed by atoms with E-state index in [0.717, 1.165) is 11.3 Å². The van der Waals surface area contributed by atoms with Gasteiger partial charge in [0.15, 0.2) is 0 Å². The van der Waals surface area contributed by atoms with Crippen molar-refractivity contribution in [3.05, 3.63) is 83.4 Å². The lowest BCUT2D eigenvalue weighted by Gasteiger charge is -2.44. The van der Waals surface area contributed by atoms with E-state index in [1.165, 1.54) is 69.8 Å². The lowest BCUT2D eigenvalue weighted by Crippen LogP contribution is -2.41. The molecule has 2 aliphatic rings. The van der Waals surface area contributed by atoms with Crippen LogP contribution in [-0.2, 0) is 0 Å². The molecule has 3 aromatic carbocycles. The summed E-state index contributed by atoms with van der Waals surface area (Å²) in [5, 5.41) is 3.43. The van der Waals surface area contributed by atoms with Gasteiger partial charge < -0.3 is 0 Å². The monoisotopic (exact) mass is 553 g/mol. The summed E-state index contributed by atoms with van der Waals surface area (Å²) in [6.45, 7) is 14.4. The molecule has 0 saturated heterocycles. The van der Waals surface area contributed by atoms with Crippen LogP contribution in [0.15, 0.2) is 66.7 Å². The van der Waals surface area contributed by atoms with Gasteiger partial charge in [-0.15, -0.1) is 0 Å². The molecule has 2 aliphatic carbocycles. The first kappa shape index (κ1) is 29.6. The lowest BCUT2D eigenvalue weighted by molar-refractivity contribution is 0.483. The fourth-order valence-corrected chi connectivity index (χ4v) is 14.6. The van der Waals surface area contributed by atoms with Gasteiger partial charge in [0, 0.05) is 5.56 Å². The van der Waals surface area contributed by atoms with Crippen molar-refractivity contribution in [3.63, 3.8) is 0 Å². The fourth-order valence-electron chi connectivity index (χ4n) is 8.18. The highest BCUT2D eigenvalue weighted by atomic mass is 31.2. The van der Waals surface area contributed by atoms with Crippen molar-refractivity contribution in [3.8, 4) is 11.1 Å². The minimum absolute atomic E-state index is 0.494. The Morgan fingerprint density at radius 2 is 1.02 bits per heavy atom. The van der Waals surface area contributed by atoms with Crippen molar-refractivity contribution in [2.24, 2.45) is 0 Å². The Kier molecular flexibility index (Phi) is 9.57. The molecule has 0 heterocycles. The smallest absolute Gasteiger partial charge is 0.0620 e. The Morgan fingerprint density at radius 1 is 0.550 bits per heavy atom. The molecule has 0 radical (unpaired) electrons. The Bertz CT molecular complexity index is 1190. The van der Waals surface area contributed by atoms with Crippen LogP contribution < -0.4 is 10.6 Å². The van der Waals surface area contributed by atoms with E-state index in [4.69, 9.17) is 0 Å². The lowest BCUT2D eigenvalue weighted by atomic mass is 9.82. The molecule has 40 heavy (non-hydrogen) atoms. The third kappa shape index (κ3) is 5.60. The summed E-state index contributed by atoms with van der Waals surface area (Å²) < 4.78 is 0. The molecule has 0 unspecified atom stereocenters. The number of hydrogen-bond acceptors (Lipinski definition) is 0. The van der Waals surface area contributed by atoms with Gasteiger partial charge in [-0.05, 0) is 110 Å². The summed E-state index contributed by atoms with van der Waals surface area (Å²) in [5.74, 6) is 1.53. The van der Waals surface area contributed by atoms with E-state index in [1.807, 2.05) is 0 Å². The van der Waals surface area contributed by atoms with Crippen LogP contribution in [0, 0.1) is 0 Å². The molecular formula is C39H54P+. The maximum atomic E-state index is 2.61. The highest BCUT2D eigenvalue weighted by Gasteiger charge is 2.56. The molecule has 0 spiro atoms. The van der Waals surface area contributed by atoms with Crippen LogP contribution in [0.4, 0.5) is 0 Å². The Morgan fingerprint density at radius 3 is 1.50 bits per heavy atom. The predicted octanol–water partition coefficient (Wildman–Crippen LogP) is 11.4. The standard InChI is InChI=1S/C39H54P/c1-28(2)31-26-36(29(3)4)39(37(27-31)30(5)6)35-24-16-17-25-38(35)40(32-18-10-7-11-19-32,33-20-12-8-13-21-33)34-22-14-9-15-23-34/h7,10-11,16-19,24-30,33-34H,8-9,12-15,20-23H2,1-6H3/q+1. The molecule has 5 rings (SSSR count). The maximum absolute atomic E-state index is 2.61. The van der Waals surface area contributed by atoms with Gasteiger partial charge in [-0.1, -0.05) is 103 Å². The van der Waals surface area contributed by atoms with Gasteiger partial charge in [-0.25, -0.2) is 0 Å². The van der Waals surface area contributed by atoms with Gasteiger partial charge in [0.25, 0.3) is 0 Å². The highest BCUT2D eigenvalue weighted by molar-refractivity contribution is 7.90. The molecule has 0 atom stereocenters. The molecule has 0 N–H and O–H groups in total. The van der Waals surface area contributed by atoms with Crippen LogP contribution in [0.2, 0.25) is 0 Å². The SMILES string of the molecule is CC(C)c1cc(C(C)C)c(-c2ccccc2[P+](c2ccccc2)(C2CCCCC2)C2CCCCC2)c(C(C)C)c1. The molecule has 214 valence electrons. The maximum Gasteiger partial charge on any atom is 0.108 e. The largest absolute Gasteiger partial charge is 0.108 e. The van der Waals surface area contributed by atoms with Crippen LogP contribution in [-0.4, -0.2) is 11.3 Å². The molecule has 0 aliphatic heterocycles. The molecule has 2 fully saturated rings. The summed E-state index contributed by atoms with van der Waals surface area (Å²) in [6, 6.07) is 27.0. The molecule has 2 saturated carbocycles. The van der Waals surface area contributed by atoms with E-state index in [1.54, 1.807) is 32.9 Å². The van der Waals surface area contributed by atoms with E-state index >= 15 is 0 Å². The predicted molar refractivity (Wildman–Crippen MR) is 181 cm³/mol. The molecule has 0 aromatic heterocycles. The molecule has 3 aromatic rings. The fraction of sp³-hybridized carbons (Fsp3) is 0.538. The van der Waals surface area contributed by atoms with Crippen LogP contribution in [0.3, 0.4) is 0 Å². The molecule has 0 amide bonds. The van der Waals surface area contributed by atoms with Crippen molar-refractivity contribution in [1.29, 1.82) is 0 Å². The van der Waals surface area contributed by atoms with Crippen LogP contribution in [0.25, 0.3) is 11.1 Å². The first-order valence-electron chi connectivity index (χ1n) is 16.6. The zero-order valence-corrected chi connectivity index (χ0v) is 27.2. The number of hydrogen-bond donors (Lipinski definition) is 0. The minimum atomic E-state index is -1.69. The van der Waals surface area contributed by atoms with Crippen molar-refractivity contribution in [2.45, 2.75) is 135 Å². The normalized spacial score (nSPS) is 17.7. The van der Waals surface area contributed by atoms with Crippen LogP contribution in [0.1, 0.15) is 140 Å². The van der Waals surface area contributed by atoms with Gasteiger partial charge >= 0.3 is 0 Å². The third-order valence-electron chi connectivity index (χ3n) is 10.2. The van der Waals surface area contributed by atoms with E-state index in [0.29, 0.717) is 17.8 Å².